The van der Waals surface area contributed by atoms with E-state index in [1.165, 1.54) is 55.8 Å². The molecule has 1 N–H and O–H groups in total. The van der Waals surface area contributed by atoms with E-state index in [0.29, 0.717) is 31.1 Å². The molecule has 0 radical (unpaired) electrons. The lowest BCUT2D eigenvalue weighted by Gasteiger charge is -2.37. The zero-order chi connectivity index (χ0) is 35.0. The van der Waals surface area contributed by atoms with Crippen LogP contribution in [0.15, 0.2) is 103 Å². The second kappa shape index (κ2) is 13.1. The van der Waals surface area contributed by atoms with Gasteiger partial charge < -0.3 is 19.7 Å². The maximum absolute atomic E-state index is 15.4. The van der Waals surface area contributed by atoms with Crippen LogP contribution in [0.4, 0.5) is 20.2 Å². The molecule has 0 bridgehead atoms. The molecule has 2 atom stereocenters. The van der Waals surface area contributed by atoms with Crippen molar-refractivity contribution in [1.82, 2.24) is 14.7 Å². The number of nitrogens with zero attached hydrogens (tertiary/aromatic N) is 5. The van der Waals surface area contributed by atoms with Crippen molar-refractivity contribution in [1.29, 1.82) is 5.26 Å². The minimum atomic E-state index is -3.24. The Hall–Kier alpha value is -6.06. The van der Waals surface area contributed by atoms with Crippen molar-refractivity contribution in [3.05, 3.63) is 137 Å². The molecule has 0 saturated carbocycles. The molecule has 0 aliphatic carbocycles. The number of alkyl halides is 2. The third-order valence-corrected chi connectivity index (χ3v) is 9.24. The van der Waals surface area contributed by atoms with Crippen LogP contribution in [0.3, 0.4) is 0 Å². The first-order chi connectivity index (χ1) is 24.2. The quantitative estimate of drug-likeness (QED) is 0.197. The third kappa shape index (κ3) is 5.82. The van der Waals surface area contributed by atoms with Gasteiger partial charge in [-0.05, 0) is 48.0 Å². The highest BCUT2D eigenvalue weighted by Crippen LogP contribution is 2.41. The molecular formula is C38H32F2N6O4. The first-order valence-corrected chi connectivity index (χ1v) is 15.9. The van der Waals surface area contributed by atoms with Gasteiger partial charge in [-0.1, -0.05) is 54.6 Å². The summed E-state index contributed by atoms with van der Waals surface area (Å²) >= 11 is 0. The van der Waals surface area contributed by atoms with Gasteiger partial charge in [0.05, 0.1) is 43.8 Å². The number of rotatable bonds is 9. The van der Waals surface area contributed by atoms with E-state index in [-0.39, 0.29) is 45.7 Å². The van der Waals surface area contributed by atoms with Crippen molar-refractivity contribution in [2.24, 2.45) is 0 Å². The molecular weight excluding hydrogens is 642 g/mol. The second-order valence-electron chi connectivity index (χ2n) is 12.2. The number of fused-ring (bicyclic) bond motifs is 3. The van der Waals surface area contributed by atoms with E-state index in [4.69, 9.17) is 9.47 Å². The van der Waals surface area contributed by atoms with Crippen LogP contribution in [-0.4, -0.2) is 59.8 Å². The van der Waals surface area contributed by atoms with Gasteiger partial charge in [-0.3, -0.25) is 19.2 Å². The lowest BCUT2D eigenvalue weighted by Crippen LogP contribution is -2.51. The predicted molar refractivity (Wildman–Crippen MR) is 182 cm³/mol. The molecule has 0 unspecified atom stereocenters. The highest BCUT2D eigenvalue weighted by Gasteiger charge is 2.48. The molecule has 1 fully saturated rings. The Morgan fingerprint density at radius 3 is 2.32 bits per heavy atom. The average Bonchev–Trinajstić information content (AvgIpc) is 3.76. The molecule has 1 aromatic heterocycles. The van der Waals surface area contributed by atoms with Crippen LogP contribution in [0.25, 0.3) is 0 Å². The van der Waals surface area contributed by atoms with Gasteiger partial charge in [0.2, 0.25) is 0 Å². The van der Waals surface area contributed by atoms with Gasteiger partial charge in [-0.25, -0.2) is 0 Å². The van der Waals surface area contributed by atoms with Crippen LogP contribution in [0.5, 0.6) is 11.5 Å². The van der Waals surface area contributed by atoms with Gasteiger partial charge in [0.1, 0.15) is 17.6 Å². The largest absolute Gasteiger partial charge is 0.497 e. The molecule has 2 aliphatic rings. The Labute approximate surface area is 287 Å². The SMILES string of the molecule is COc1ccc(CN2C[C@@H]3[C@H](C2)N(c2ccc(C(F)(F)c4ccccc4)cc2)C(=O)c2c(NC(=O)c4ccc(OC)c(C#N)c4)cnn23)cc1. The summed E-state index contributed by atoms with van der Waals surface area (Å²) in [5.74, 6) is -3.13. The Balaban J connectivity index is 1.23. The Morgan fingerprint density at radius 2 is 1.64 bits per heavy atom. The molecule has 7 rings (SSSR count). The smallest absolute Gasteiger partial charge is 0.298 e. The minimum absolute atomic E-state index is 0.130. The molecule has 3 heterocycles. The molecule has 2 aliphatic heterocycles. The molecule has 5 aromatic rings. The first-order valence-electron chi connectivity index (χ1n) is 15.9. The van der Waals surface area contributed by atoms with E-state index in [1.54, 1.807) is 47.0 Å². The zero-order valence-electron chi connectivity index (χ0n) is 27.2. The number of halogens is 2. The summed E-state index contributed by atoms with van der Waals surface area (Å²) in [6.45, 7) is 1.63. The molecule has 0 spiro atoms. The number of aromatic nitrogens is 2. The van der Waals surface area contributed by atoms with Gasteiger partial charge in [-0.15, -0.1) is 0 Å². The van der Waals surface area contributed by atoms with Crippen molar-refractivity contribution < 1.29 is 27.8 Å². The monoisotopic (exact) mass is 674 g/mol. The molecule has 50 heavy (non-hydrogen) atoms. The number of nitriles is 1. The fourth-order valence-corrected chi connectivity index (χ4v) is 6.73. The number of likely N-dealkylation sites (tertiary alicyclic amines) is 1. The summed E-state index contributed by atoms with van der Waals surface area (Å²) in [6, 6.07) is 26.9. The van der Waals surface area contributed by atoms with Crippen molar-refractivity contribution >= 4 is 23.2 Å². The summed E-state index contributed by atoms with van der Waals surface area (Å²) < 4.78 is 43.0. The first kappa shape index (κ1) is 32.5. The summed E-state index contributed by atoms with van der Waals surface area (Å²) in [4.78, 5) is 31.7. The number of hydrogen-bond donors (Lipinski definition) is 1. The van der Waals surface area contributed by atoms with Crippen molar-refractivity contribution in [2.45, 2.75) is 24.6 Å². The number of benzene rings is 4. The van der Waals surface area contributed by atoms with Crippen molar-refractivity contribution in [2.75, 3.05) is 37.5 Å². The summed E-state index contributed by atoms with van der Waals surface area (Å²) in [5, 5.41) is 16.9. The fraction of sp³-hybridized carbons (Fsp3) is 0.211. The number of methoxy groups -OCH3 is 2. The van der Waals surface area contributed by atoms with E-state index in [9.17, 15) is 14.9 Å². The van der Waals surface area contributed by atoms with Crippen LogP contribution < -0.4 is 19.7 Å². The van der Waals surface area contributed by atoms with Crippen LogP contribution >= 0.6 is 0 Å². The van der Waals surface area contributed by atoms with Gasteiger partial charge in [0, 0.05) is 42.0 Å². The van der Waals surface area contributed by atoms with Gasteiger partial charge in [0.25, 0.3) is 17.7 Å². The number of nitrogens with one attached hydrogen (secondary N) is 1. The molecule has 10 nitrogen and oxygen atoms in total. The summed E-state index contributed by atoms with van der Waals surface area (Å²) in [7, 11) is 3.04. The van der Waals surface area contributed by atoms with Crippen LogP contribution in [-0.2, 0) is 12.5 Å². The van der Waals surface area contributed by atoms with Crippen LogP contribution in [0.2, 0.25) is 0 Å². The lowest BCUT2D eigenvalue weighted by molar-refractivity contribution is 0.0428. The third-order valence-electron chi connectivity index (χ3n) is 9.24. The maximum atomic E-state index is 15.4. The number of carbonyl (C=O) groups is 2. The van der Waals surface area contributed by atoms with Gasteiger partial charge in [-0.2, -0.15) is 19.1 Å². The average molecular weight is 675 g/mol. The summed E-state index contributed by atoms with van der Waals surface area (Å²) in [6.07, 6.45) is 1.44. The van der Waals surface area contributed by atoms with E-state index >= 15 is 8.78 Å². The standard InChI is InChI=1S/C38H32F2N6O4/c1-49-30-15-8-24(9-16-30)21-44-22-32-33(23-44)46-35(31(20-42-46)43-36(47)25-10-17-34(50-2)26(18-25)19-41)37(48)45(32)29-13-11-28(12-14-29)38(39,40)27-6-4-3-5-7-27/h3-18,20,32-33H,21-23H2,1-2H3,(H,43,47)/t32-,33+/m0/s1. The maximum Gasteiger partial charge on any atom is 0.298 e. The summed E-state index contributed by atoms with van der Waals surface area (Å²) in [5.41, 5.74) is 1.91. The number of amides is 2. The lowest BCUT2D eigenvalue weighted by atomic mass is 9.99. The van der Waals surface area contributed by atoms with Crippen molar-refractivity contribution in [3.63, 3.8) is 0 Å². The van der Waals surface area contributed by atoms with Gasteiger partial charge >= 0.3 is 0 Å². The molecule has 252 valence electrons. The topological polar surface area (TPSA) is 113 Å². The number of ether oxygens (including phenoxy) is 2. The molecule has 2 amide bonds. The highest BCUT2D eigenvalue weighted by atomic mass is 19.3. The Kier molecular flexibility index (Phi) is 8.51. The molecule has 1 saturated heterocycles. The van der Waals surface area contributed by atoms with E-state index in [2.05, 4.69) is 15.3 Å². The van der Waals surface area contributed by atoms with E-state index in [0.717, 1.165) is 11.3 Å². The van der Waals surface area contributed by atoms with Crippen LogP contribution in [0, 0.1) is 11.3 Å². The van der Waals surface area contributed by atoms with Crippen LogP contribution in [0.1, 0.15) is 49.1 Å². The van der Waals surface area contributed by atoms with Gasteiger partial charge in [0.15, 0.2) is 5.69 Å². The predicted octanol–water partition coefficient (Wildman–Crippen LogP) is 6.25. The minimum Gasteiger partial charge on any atom is -0.497 e. The molecule has 4 aromatic carbocycles. The number of hydrogen-bond acceptors (Lipinski definition) is 7. The van der Waals surface area contributed by atoms with Crippen molar-refractivity contribution in [3.8, 4) is 17.6 Å². The van der Waals surface area contributed by atoms with E-state index < -0.39 is 17.7 Å². The second-order valence-corrected chi connectivity index (χ2v) is 12.2. The van der Waals surface area contributed by atoms with E-state index in [1.807, 2.05) is 30.3 Å². The normalized spacial score (nSPS) is 17.1. The fourth-order valence-electron chi connectivity index (χ4n) is 6.73. The molecule has 12 heteroatoms. The number of anilines is 2. The zero-order valence-corrected chi connectivity index (χ0v) is 27.2. The Morgan fingerprint density at radius 1 is 0.940 bits per heavy atom. The number of carbonyl (C=O) groups excluding carboxylic acids is 2. The highest BCUT2D eigenvalue weighted by molar-refractivity contribution is 6.13. The Bertz CT molecular complexity index is 2090.